The van der Waals surface area contributed by atoms with Gasteiger partial charge in [0, 0.05) is 25.2 Å². The Morgan fingerprint density at radius 3 is 2.58 bits per heavy atom. The fourth-order valence-corrected chi connectivity index (χ4v) is 3.71. The SMILES string of the molecule is CS(=O)(=O)N[C@H]1CCN(C(=O)c2cc(C(=O)O)nn2-c2ccccc2)C1. The number of hydrogen-bond donors (Lipinski definition) is 2. The van der Waals surface area contributed by atoms with Gasteiger partial charge in [0.25, 0.3) is 5.91 Å². The molecule has 0 spiro atoms. The van der Waals surface area contributed by atoms with Gasteiger partial charge in [-0.2, -0.15) is 5.10 Å². The van der Waals surface area contributed by atoms with Gasteiger partial charge in [0.1, 0.15) is 5.69 Å². The molecule has 1 aliphatic heterocycles. The van der Waals surface area contributed by atoms with Gasteiger partial charge in [-0.3, -0.25) is 4.79 Å². The van der Waals surface area contributed by atoms with Crippen LogP contribution in [0.25, 0.3) is 5.69 Å². The van der Waals surface area contributed by atoms with E-state index >= 15 is 0 Å². The Labute approximate surface area is 150 Å². The van der Waals surface area contributed by atoms with Gasteiger partial charge in [-0.05, 0) is 18.6 Å². The zero-order valence-electron chi connectivity index (χ0n) is 14.0. The molecule has 1 fully saturated rings. The average Bonchev–Trinajstić information content (AvgIpc) is 3.20. The van der Waals surface area contributed by atoms with Crippen molar-refractivity contribution in [2.75, 3.05) is 19.3 Å². The smallest absolute Gasteiger partial charge is 0.356 e. The van der Waals surface area contributed by atoms with Crippen LogP contribution in [0.4, 0.5) is 0 Å². The minimum atomic E-state index is -3.36. The van der Waals surface area contributed by atoms with Crippen LogP contribution in [-0.2, 0) is 10.0 Å². The van der Waals surface area contributed by atoms with E-state index in [-0.39, 0.29) is 24.0 Å². The molecule has 1 aromatic carbocycles. The number of para-hydroxylation sites is 1. The standard InChI is InChI=1S/C16H18N4O5S/c1-26(24,25)18-11-7-8-19(10-11)15(21)14-9-13(16(22)23)17-20(14)12-5-3-2-4-6-12/h2-6,9,11,18H,7-8,10H2,1H3,(H,22,23)/t11-/m0/s1. The van der Waals surface area contributed by atoms with Gasteiger partial charge in [0.15, 0.2) is 5.69 Å². The van der Waals surface area contributed by atoms with Gasteiger partial charge in [-0.15, -0.1) is 0 Å². The molecule has 1 aliphatic rings. The van der Waals surface area contributed by atoms with Crippen molar-refractivity contribution in [2.45, 2.75) is 12.5 Å². The number of carbonyl (C=O) groups is 2. The first-order valence-electron chi connectivity index (χ1n) is 7.90. The molecule has 0 bridgehead atoms. The number of carboxylic acids is 1. The molecule has 2 N–H and O–H groups in total. The van der Waals surface area contributed by atoms with E-state index in [4.69, 9.17) is 0 Å². The average molecular weight is 378 g/mol. The van der Waals surface area contributed by atoms with Crippen LogP contribution in [-0.4, -0.2) is 65.5 Å². The second-order valence-electron chi connectivity index (χ2n) is 6.09. The van der Waals surface area contributed by atoms with Crippen LogP contribution < -0.4 is 4.72 Å². The Morgan fingerprint density at radius 2 is 1.96 bits per heavy atom. The van der Waals surface area contributed by atoms with Crippen LogP contribution in [0.3, 0.4) is 0 Å². The summed E-state index contributed by atoms with van der Waals surface area (Å²) in [6, 6.07) is 9.62. The number of nitrogens with one attached hydrogen (secondary N) is 1. The number of likely N-dealkylation sites (tertiary alicyclic amines) is 1. The number of hydrogen-bond acceptors (Lipinski definition) is 5. The normalized spacial score (nSPS) is 17.4. The van der Waals surface area contributed by atoms with E-state index in [9.17, 15) is 23.1 Å². The predicted molar refractivity (Wildman–Crippen MR) is 92.8 cm³/mol. The van der Waals surface area contributed by atoms with E-state index in [1.54, 1.807) is 30.3 Å². The second-order valence-corrected chi connectivity index (χ2v) is 7.87. The van der Waals surface area contributed by atoms with Crippen molar-refractivity contribution in [3.05, 3.63) is 47.8 Å². The highest BCUT2D eigenvalue weighted by molar-refractivity contribution is 7.88. The first kappa shape index (κ1) is 18.1. The van der Waals surface area contributed by atoms with Gasteiger partial charge in [-0.25, -0.2) is 22.6 Å². The predicted octanol–water partition coefficient (Wildman–Crippen LogP) is 0.334. The van der Waals surface area contributed by atoms with Crippen molar-refractivity contribution < 1.29 is 23.1 Å². The maximum atomic E-state index is 12.9. The van der Waals surface area contributed by atoms with Crippen molar-refractivity contribution >= 4 is 21.9 Å². The molecular weight excluding hydrogens is 360 g/mol. The Bertz CT molecular complexity index is 939. The van der Waals surface area contributed by atoms with Crippen molar-refractivity contribution in [3.8, 4) is 5.69 Å². The Balaban J connectivity index is 1.89. The zero-order valence-corrected chi connectivity index (χ0v) is 14.8. The molecule has 0 aliphatic carbocycles. The monoisotopic (exact) mass is 378 g/mol. The first-order valence-corrected chi connectivity index (χ1v) is 9.79. The van der Waals surface area contributed by atoms with Crippen LogP contribution in [0.2, 0.25) is 0 Å². The van der Waals surface area contributed by atoms with Crippen molar-refractivity contribution in [1.29, 1.82) is 0 Å². The van der Waals surface area contributed by atoms with Crippen LogP contribution in [0, 0.1) is 0 Å². The number of carboxylic acid groups (broad SMARTS) is 1. The zero-order chi connectivity index (χ0) is 18.9. The van der Waals surface area contributed by atoms with Crippen molar-refractivity contribution in [3.63, 3.8) is 0 Å². The van der Waals surface area contributed by atoms with Crippen molar-refractivity contribution in [1.82, 2.24) is 19.4 Å². The largest absolute Gasteiger partial charge is 0.476 e. The number of rotatable bonds is 5. The molecule has 1 amide bonds. The molecular formula is C16H18N4O5S. The molecule has 1 aromatic heterocycles. The van der Waals surface area contributed by atoms with Gasteiger partial charge >= 0.3 is 5.97 Å². The highest BCUT2D eigenvalue weighted by atomic mass is 32.2. The maximum Gasteiger partial charge on any atom is 0.356 e. The maximum absolute atomic E-state index is 12.9. The third-order valence-corrected chi connectivity index (χ3v) is 4.77. The lowest BCUT2D eigenvalue weighted by molar-refractivity contribution is 0.0689. The van der Waals surface area contributed by atoms with Gasteiger partial charge in [0.05, 0.1) is 11.9 Å². The quantitative estimate of drug-likeness (QED) is 0.773. The summed E-state index contributed by atoms with van der Waals surface area (Å²) < 4.78 is 26.5. The number of sulfonamides is 1. The first-order chi connectivity index (χ1) is 12.2. The fraction of sp³-hybridized carbons (Fsp3) is 0.312. The van der Waals surface area contributed by atoms with E-state index < -0.39 is 21.9 Å². The summed E-state index contributed by atoms with van der Waals surface area (Å²) in [7, 11) is -3.36. The summed E-state index contributed by atoms with van der Waals surface area (Å²) in [5.41, 5.74) is 0.448. The molecule has 26 heavy (non-hydrogen) atoms. The summed E-state index contributed by atoms with van der Waals surface area (Å²) >= 11 is 0. The number of carbonyl (C=O) groups excluding carboxylic acids is 1. The number of benzene rings is 1. The molecule has 0 radical (unpaired) electrons. The molecule has 138 valence electrons. The number of amides is 1. The van der Waals surface area contributed by atoms with Gasteiger partial charge in [-0.1, -0.05) is 18.2 Å². The molecule has 10 heteroatoms. The second kappa shape index (κ2) is 6.89. The summed E-state index contributed by atoms with van der Waals surface area (Å²) in [5.74, 6) is -1.63. The molecule has 2 heterocycles. The lowest BCUT2D eigenvalue weighted by atomic mass is 10.3. The van der Waals surface area contributed by atoms with Crippen LogP contribution >= 0.6 is 0 Å². The highest BCUT2D eigenvalue weighted by Gasteiger charge is 2.31. The number of aromatic carboxylic acids is 1. The minimum Gasteiger partial charge on any atom is -0.476 e. The molecule has 2 aromatic rings. The highest BCUT2D eigenvalue weighted by Crippen LogP contribution is 2.18. The van der Waals surface area contributed by atoms with E-state index in [1.807, 2.05) is 0 Å². The number of nitrogens with zero attached hydrogens (tertiary/aromatic N) is 3. The van der Waals surface area contributed by atoms with Crippen LogP contribution in [0.5, 0.6) is 0 Å². The summed E-state index contributed by atoms with van der Waals surface area (Å²) in [6.07, 6.45) is 1.56. The Hall–Kier alpha value is -2.72. The lowest BCUT2D eigenvalue weighted by Crippen LogP contribution is -2.38. The minimum absolute atomic E-state index is 0.119. The molecule has 1 atom stereocenters. The lowest BCUT2D eigenvalue weighted by Gasteiger charge is -2.17. The van der Waals surface area contributed by atoms with E-state index in [1.165, 1.54) is 15.6 Å². The molecule has 9 nitrogen and oxygen atoms in total. The third-order valence-electron chi connectivity index (χ3n) is 4.00. The Kier molecular flexibility index (Phi) is 4.79. The molecule has 0 unspecified atom stereocenters. The van der Waals surface area contributed by atoms with E-state index in [0.717, 1.165) is 6.26 Å². The molecule has 3 rings (SSSR count). The van der Waals surface area contributed by atoms with Gasteiger partial charge < -0.3 is 10.0 Å². The molecule has 0 saturated carbocycles. The van der Waals surface area contributed by atoms with Crippen LogP contribution in [0.1, 0.15) is 27.4 Å². The van der Waals surface area contributed by atoms with Crippen LogP contribution in [0.15, 0.2) is 36.4 Å². The summed E-state index contributed by atoms with van der Waals surface area (Å²) in [4.78, 5) is 25.6. The van der Waals surface area contributed by atoms with Gasteiger partial charge in [0.2, 0.25) is 10.0 Å². The fourth-order valence-electron chi connectivity index (χ4n) is 2.91. The summed E-state index contributed by atoms with van der Waals surface area (Å²) in [5, 5.41) is 13.2. The number of aromatic nitrogens is 2. The third kappa shape index (κ3) is 3.92. The topological polar surface area (TPSA) is 122 Å². The molecule has 1 saturated heterocycles. The van der Waals surface area contributed by atoms with E-state index in [0.29, 0.717) is 18.7 Å². The Morgan fingerprint density at radius 1 is 1.27 bits per heavy atom. The van der Waals surface area contributed by atoms with Crippen molar-refractivity contribution in [2.24, 2.45) is 0 Å². The van der Waals surface area contributed by atoms with E-state index in [2.05, 4.69) is 9.82 Å². The summed E-state index contributed by atoms with van der Waals surface area (Å²) in [6.45, 7) is 0.586.